The molecule has 1 aromatic heterocycles. The van der Waals surface area contributed by atoms with Gasteiger partial charge in [-0.15, -0.1) is 0 Å². The third-order valence-electron chi connectivity index (χ3n) is 4.44. The van der Waals surface area contributed by atoms with E-state index in [-0.39, 0.29) is 17.5 Å². The molecule has 0 spiro atoms. The molecule has 6 heteroatoms. The summed E-state index contributed by atoms with van der Waals surface area (Å²) in [5.41, 5.74) is 3.48. The molecule has 1 aliphatic rings. The molecule has 0 aliphatic carbocycles. The number of benzene rings is 2. The SMILES string of the molecule is Cc1ccc([C@H]2Cn3nc(C(=O)Nc4ccccc4F)cc3CO2)cc1. The maximum atomic E-state index is 13.7. The highest BCUT2D eigenvalue weighted by Crippen LogP contribution is 2.27. The Hall–Kier alpha value is -2.99. The van der Waals surface area contributed by atoms with Crippen LogP contribution in [-0.4, -0.2) is 15.7 Å². The van der Waals surface area contributed by atoms with Gasteiger partial charge in [0.05, 0.1) is 24.5 Å². The molecule has 1 amide bonds. The summed E-state index contributed by atoms with van der Waals surface area (Å²) in [6, 6.07) is 15.9. The monoisotopic (exact) mass is 351 g/mol. The van der Waals surface area contributed by atoms with Crippen LogP contribution < -0.4 is 5.32 Å². The van der Waals surface area contributed by atoms with Gasteiger partial charge in [0.2, 0.25) is 0 Å². The highest BCUT2D eigenvalue weighted by Gasteiger charge is 2.24. The Morgan fingerprint density at radius 3 is 2.77 bits per heavy atom. The number of nitrogens with one attached hydrogen (secondary N) is 1. The van der Waals surface area contributed by atoms with E-state index in [1.165, 1.54) is 17.7 Å². The van der Waals surface area contributed by atoms with Crippen LogP contribution in [0.2, 0.25) is 0 Å². The van der Waals surface area contributed by atoms with Gasteiger partial charge in [-0.25, -0.2) is 4.39 Å². The first kappa shape index (κ1) is 16.5. The summed E-state index contributed by atoms with van der Waals surface area (Å²) in [4.78, 5) is 12.4. The number of nitrogens with zero attached hydrogens (tertiary/aromatic N) is 2. The topological polar surface area (TPSA) is 56.2 Å². The average Bonchev–Trinajstić information content (AvgIpc) is 3.07. The van der Waals surface area contributed by atoms with Gasteiger partial charge in [-0.1, -0.05) is 42.0 Å². The van der Waals surface area contributed by atoms with Crippen LogP contribution >= 0.6 is 0 Å². The summed E-state index contributed by atoms with van der Waals surface area (Å²) in [5, 5.41) is 6.93. The number of fused-ring (bicyclic) bond motifs is 1. The predicted octanol–water partition coefficient (Wildman–Crippen LogP) is 3.85. The van der Waals surface area contributed by atoms with Crippen molar-refractivity contribution in [3.05, 3.63) is 82.9 Å². The highest BCUT2D eigenvalue weighted by molar-refractivity contribution is 6.03. The van der Waals surface area contributed by atoms with Gasteiger partial charge in [0.25, 0.3) is 5.91 Å². The number of aryl methyl sites for hydroxylation is 1. The molecule has 132 valence electrons. The number of ether oxygens (including phenoxy) is 1. The van der Waals surface area contributed by atoms with E-state index < -0.39 is 11.7 Å². The van der Waals surface area contributed by atoms with E-state index >= 15 is 0 Å². The van der Waals surface area contributed by atoms with E-state index in [4.69, 9.17) is 4.74 Å². The van der Waals surface area contributed by atoms with E-state index in [1.54, 1.807) is 22.9 Å². The zero-order valence-electron chi connectivity index (χ0n) is 14.3. The molecule has 0 saturated heterocycles. The minimum atomic E-state index is -0.479. The molecule has 4 rings (SSSR count). The van der Waals surface area contributed by atoms with E-state index in [9.17, 15) is 9.18 Å². The van der Waals surface area contributed by atoms with Gasteiger partial charge in [0, 0.05) is 0 Å². The summed E-state index contributed by atoms with van der Waals surface area (Å²) >= 11 is 0. The molecule has 1 N–H and O–H groups in total. The zero-order chi connectivity index (χ0) is 18.1. The van der Waals surface area contributed by atoms with E-state index in [1.807, 2.05) is 31.2 Å². The van der Waals surface area contributed by atoms with Gasteiger partial charge in [0.1, 0.15) is 11.9 Å². The number of rotatable bonds is 3. The number of carbonyl (C=O) groups excluding carboxylic acids is 1. The van der Waals surface area contributed by atoms with Crippen LogP contribution in [-0.2, 0) is 17.9 Å². The average molecular weight is 351 g/mol. The largest absolute Gasteiger partial charge is 0.365 e. The smallest absolute Gasteiger partial charge is 0.276 e. The summed E-state index contributed by atoms with van der Waals surface area (Å²) in [5.74, 6) is -0.920. The van der Waals surface area contributed by atoms with Crippen molar-refractivity contribution in [2.24, 2.45) is 0 Å². The molecule has 2 heterocycles. The summed E-state index contributed by atoms with van der Waals surface area (Å²) < 4.78 is 21.4. The molecule has 26 heavy (non-hydrogen) atoms. The Morgan fingerprint density at radius 1 is 1.23 bits per heavy atom. The van der Waals surface area contributed by atoms with Crippen LogP contribution in [0.15, 0.2) is 54.6 Å². The van der Waals surface area contributed by atoms with Crippen LogP contribution in [0.25, 0.3) is 0 Å². The summed E-state index contributed by atoms with van der Waals surface area (Å²) in [6.45, 7) is 2.95. The molecular weight excluding hydrogens is 333 g/mol. The first-order valence-electron chi connectivity index (χ1n) is 8.41. The van der Waals surface area contributed by atoms with Gasteiger partial charge < -0.3 is 10.1 Å². The molecule has 0 bridgehead atoms. The van der Waals surface area contributed by atoms with Crippen LogP contribution in [0.1, 0.15) is 33.4 Å². The third-order valence-corrected chi connectivity index (χ3v) is 4.44. The normalized spacial score (nSPS) is 16.2. The molecule has 0 saturated carbocycles. The molecule has 0 unspecified atom stereocenters. The molecule has 0 fully saturated rings. The van der Waals surface area contributed by atoms with Gasteiger partial charge in [0.15, 0.2) is 5.69 Å². The Morgan fingerprint density at radius 2 is 2.00 bits per heavy atom. The second-order valence-electron chi connectivity index (χ2n) is 6.35. The van der Waals surface area contributed by atoms with Gasteiger partial charge in [-0.2, -0.15) is 5.10 Å². The van der Waals surface area contributed by atoms with Crippen molar-refractivity contribution in [2.45, 2.75) is 26.2 Å². The third kappa shape index (κ3) is 3.23. The fourth-order valence-corrected chi connectivity index (χ4v) is 2.97. The van der Waals surface area contributed by atoms with Crippen molar-refractivity contribution in [3.63, 3.8) is 0 Å². The van der Waals surface area contributed by atoms with Crippen LogP contribution in [0.5, 0.6) is 0 Å². The van der Waals surface area contributed by atoms with Crippen LogP contribution in [0, 0.1) is 12.7 Å². The second-order valence-corrected chi connectivity index (χ2v) is 6.35. The van der Waals surface area contributed by atoms with Gasteiger partial charge in [-0.3, -0.25) is 9.48 Å². The zero-order valence-corrected chi connectivity index (χ0v) is 14.3. The fraction of sp³-hybridized carbons (Fsp3) is 0.200. The lowest BCUT2D eigenvalue weighted by Crippen LogP contribution is -2.22. The van der Waals surface area contributed by atoms with E-state index in [2.05, 4.69) is 10.4 Å². The Kier molecular flexibility index (Phi) is 4.26. The Labute approximate surface area is 150 Å². The van der Waals surface area contributed by atoms with E-state index in [0.29, 0.717) is 13.2 Å². The molecule has 1 atom stereocenters. The minimum Gasteiger partial charge on any atom is -0.365 e. The number of hydrogen-bond acceptors (Lipinski definition) is 3. The first-order valence-corrected chi connectivity index (χ1v) is 8.41. The highest BCUT2D eigenvalue weighted by atomic mass is 19.1. The number of carbonyl (C=O) groups is 1. The fourth-order valence-electron chi connectivity index (χ4n) is 2.97. The van der Waals surface area contributed by atoms with Crippen molar-refractivity contribution >= 4 is 11.6 Å². The van der Waals surface area contributed by atoms with Gasteiger partial charge in [-0.05, 0) is 30.7 Å². The van der Waals surface area contributed by atoms with Crippen molar-refractivity contribution in [1.82, 2.24) is 9.78 Å². The van der Waals surface area contributed by atoms with Crippen molar-refractivity contribution in [3.8, 4) is 0 Å². The number of aromatic nitrogens is 2. The van der Waals surface area contributed by atoms with Crippen molar-refractivity contribution < 1.29 is 13.9 Å². The van der Waals surface area contributed by atoms with E-state index in [0.717, 1.165) is 11.3 Å². The maximum Gasteiger partial charge on any atom is 0.276 e. The Bertz CT molecular complexity index is 950. The van der Waals surface area contributed by atoms with Crippen LogP contribution in [0.3, 0.4) is 0 Å². The quantitative estimate of drug-likeness (QED) is 0.780. The predicted molar refractivity (Wildman–Crippen MR) is 95.3 cm³/mol. The Balaban J connectivity index is 1.51. The summed E-state index contributed by atoms with van der Waals surface area (Å²) in [6.07, 6.45) is -0.106. The number of halogens is 1. The summed E-state index contributed by atoms with van der Waals surface area (Å²) in [7, 11) is 0. The standard InChI is InChI=1S/C20H18FN3O2/c1-13-6-8-14(9-7-13)19-11-24-15(12-26-19)10-18(23-24)20(25)22-17-5-3-2-4-16(17)21/h2-10,19H,11-12H2,1H3,(H,22,25)/t19-/m1/s1. The van der Waals surface area contributed by atoms with Crippen molar-refractivity contribution in [2.75, 3.05) is 5.32 Å². The lowest BCUT2D eigenvalue weighted by Gasteiger charge is -2.24. The minimum absolute atomic E-state index is 0.106. The first-order chi connectivity index (χ1) is 12.6. The number of anilines is 1. The molecule has 0 radical (unpaired) electrons. The number of hydrogen-bond donors (Lipinski definition) is 1. The maximum absolute atomic E-state index is 13.7. The lowest BCUT2D eigenvalue weighted by atomic mass is 10.1. The number of amides is 1. The van der Waals surface area contributed by atoms with Gasteiger partial charge >= 0.3 is 0 Å². The molecule has 5 nitrogen and oxygen atoms in total. The lowest BCUT2D eigenvalue weighted by molar-refractivity contribution is -0.00119. The van der Waals surface area contributed by atoms with Crippen molar-refractivity contribution in [1.29, 1.82) is 0 Å². The van der Waals surface area contributed by atoms with Crippen LogP contribution in [0.4, 0.5) is 10.1 Å². The number of para-hydroxylation sites is 1. The molecular formula is C20H18FN3O2. The molecule has 2 aromatic carbocycles. The molecule has 3 aromatic rings. The molecule has 1 aliphatic heterocycles. The second kappa shape index (κ2) is 6.72.